The average molecular weight is 368 g/mol. The third kappa shape index (κ3) is 2.68. The van der Waals surface area contributed by atoms with Crippen molar-refractivity contribution < 1.29 is 0 Å². The predicted octanol–water partition coefficient (Wildman–Crippen LogP) is 4.28. The topological polar surface area (TPSA) is 66.5 Å². The number of aromatic nitrogens is 4. The third-order valence-electron chi connectivity index (χ3n) is 4.64. The van der Waals surface area contributed by atoms with Gasteiger partial charge < -0.3 is 10.3 Å². The van der Waals surface area contributed by atoms with Crippen molar-refractivity contribution >= 4 is 32.9 Å². The number of fused-ring (bicyclic) bond motifs is 1. The van der Waals surface area contributed by atoms with Crippen molar-refractivity contribution in [3.05, 3.63) is 41.7 Å². The molecule has 1 saturated heterocycles. The molecule has 0 amide bonds. The minimum atomic E-state index is 0.538. The molecule has 5 heterocycles. The zero-order valence-electron chi connectivity index (χ0n) is 13.5. The van der Waals surface area contributed by atoms with Gasteiger partial charge >= 0.3 is 0 Å². The van der Waals surface area contributed by atoms with Crippen LogP contribution in [0.1, 0.15) is 23.8 Å². The predicted molar refractivity (Wildman–Crippen MR) is 103 cm³/mol. The number of nitrogens with zero attached hydrogens (tertiary/aromatic N) is 3. The SMILES string of the molecule is c1ccc(-c2c(-c3nnc(C4CCNCC4)s3)sc3cc[nH]c23)nc1. The molecule has 4 aromatic heterocycles. The monoisotopic (exact) mass is 367 g/mol. The van der Waals surface area contributed by atoms with Crippen molar-refractivity contribution in [2.75, 3.05) is 13.1 Å². The highest BCUT2D eigenvalue weighted by Gasteiger charge is 2.23. The molecule has 0 spiro atoms. The van der Waals surface area contributed by atoms with Gasteiger partial charge in [0.2, 0.25) is 0 Å². The molecule has 4 aromatic rings. The van der Waals surface area contributed by atoms with Gasteiger partial charge in [-0.2, -0.15) is 0 Å². The van der Waals surface area contributed by atoms with Crippen LogP contribution < -0.4 is 5.32 Å². The maximum atomic E-state index is 4.57. The summed E-state index contributed by atoms with van der Waals surface area (Å²) in [6.07, 6.45) is 6.12. The lowest BCUT2D eigenvalue weighted by Crippen LogP contribution is -2.26. The molecular formula is C18H17N5S2. The van der Waals surface area contributed by atoms with Gasteiger partial charge in [0.25, 0.3) is 0 Å². The van der Waals surface area contributed by atoms with Gasteiger partial charge in [-0.15, -0.1) is 21.5 Å². The van der Waals surface area contributed by atoms with Crippen LogP contribution >= 0.6 is 22.7 Å². The van der Waals surface area contributed by atoms with Crippen molar-refractivity contribution in [2.45, 2.75) is 18.8 Å². The molecule has 5 nitrogen and oxygen atoms in total. The Labute approximate surface area is 153 Å². The summed E-state index contributed by atoms with van der Waals surface area (Å²) in [6, 6.07) is 8.14. The Balaban J connectivity index is 1.61. The summed E-state index contributed by atoms with van der Waals surface area (Å²) in [6.45, 7) is 2.14. The van der Waals surface area contributed by atoms with Crippen molar-refractivity contribution in [3.8, 4) is 21.1 Å². The minimum absolute atomic E-state index is 0.538. The van der Waals surface area contributed by atoms with Gasteiger partial charge in [-0.05, 0) is 44.1 Å². The van der Waals surface area contributed by atoms with Crippen LogP contribution in [0.4, 0.5) is 0 Å². The standard InChI is InChI=1S/C18H17N5S2/c1-2-7-20-12(3-1)14-15-13(6-10-21-15)24-16(14)18-23-22-17(25-18)11-4-8-19-9-5-11/h1-3,6-7,10-11,19,21H,4-5,8-9H2. The highest BCUT2D eigenvalue weighted by atomic mass is 32.1. The fraction of sp³-hybridized carbons (Fsp3) is 0.278. The number of piperidine rings is 1. The zero-order valence-corrected chi connectivity index (χ0v) is 15.2. The highest BCUT2D eigenvalue weighted by Crippen LogP contribution is 2.45. The minimum Gasteiger partial charge on any atom is -0.360 e. The van der Waals surface area contributed by atoms with Crippen LogP contribution in [0.3, 0.4) is 0 Å². The van der Waals surface area contributed by atoms with E-state index < -0.39 is 0 Å². The van der Waals surface area contributed by atoms with Crippen molar-refractivity contribution in [2.24, 2.45) is 0 Å². The van der Waals surface area contributed by atoms with Crippen LogP contribution in [0.2, 0.25) is 0 Å². The Hall–Kier alpha value is -2.09. The van der Waals surface area contributed by atoms with Gasteiger partial charge in [0.05, 0.1) is 20.8 Å². The summed E-state index contributed by atoms with van der Waals surface area (Å²) >= 11 is 3.50. The number of aromatic amines is 1. The van der Waals surface area contributed by atoms with Crippen LogP contribution in [0.15, 0.2) is 36.7 Å². The van der Waals surface area contributed by atoms with E-state index >= 15 is 0 Å². The molecule has 25 heavy (non-hydrogen) atoms. The van der Waals surface area contributed by atoms with E-state index in [0.29, 0.717) is 5.92 Å². The lowest BCUT2D eigenvalue weighted by molar-refractivity contribution is 0.457. The average Bonchev–Trinajstić information content (AvgIpc) is 3.38. The molecule has 2 N–H and O–H groups in total. The quantitative estimate of drug-likeness (QED) is 0.567. The normalized spacial score (nSPS) is 15.8. The van der Waals surface area contributed by atoms with Crippen LogP contribution in [0.25, 0.3) is 31.4 Å². The first-order valence-corrected chi connectivity index (χ1v) is 10.1. The summed E-state index contributed by atoms with van der Waals surface area (Å²) in [5.74, 6) is 0.538. The summed E-state index contributed by atoms with van der Waals surface area (Å²) in [7, 11) is 0. The van der Waals surface area contributed by atoms with E-state index in [0.717, 1.165) is 47.7 Å². The number of nitrogens with one attached hydrogen (secondary N) is 2. The fourth-order valence-corrected chi connectivity index (χ4v) is 5.64. The fourth-order valence-electron chi connectivity index (χ4n) is 3.38. The zero-order chi connectivity index (χ0) is 16.6. The Kier molecular flexibility index (Phi) is 3.84. The molecule has 1 fully saturated rings. The van der Waals surface area contributed by atoms with Gasteiger partial charge in [-0.1, -0.05) is 17.4 Å². The molecule has 126 valence electrons. The molecule has 0 saturated carbocycles. The van der Waals surface area contributed by atoms with Gasteiger partial charge in [0.15, 0.2) is 5.01 Å². The molecule has 0 radical (unpaired) electrons. The molecule has 5 rings (SSSR count). The van der Waals surface area contributed by atoms with E-state index in [2.05, 4.69) is 37.6 Å². The Bertz CT molecular complexity index is 995. The molecule has 7 heteroatoms. The van der Waals surface area contributed by atoms with Gasteiger partial charge in [-0.25, -0.2) is 0 Å². The summed E-state index contributed by atoms with van der Waals surface area (Å²) in [5, 5.41) is 14.6. The van der Waals surface area contributed by atoms with Crippen LogP contribution in [0.5, 0.6) is 0 Å². The second kappa shape index (κ2) is 6.33. The Morgan fingerprint density at radius 1 is 1.04 bits per heavy atom. The number of H-pyrrole nitrogens is 1. The van der Waals surface area contributed by atoms with E-state index in [1.165, 1.54) is 14.6 Å². The summed E-state index contributed by atoms with van der Waals surface area (Å²) in [5.41, 5.74) is 3.25. The van der Waals surface area contributed by atoms with Crippen molar-refractivity contribution in [1.29, 1.82) is 0 Å². The van der Waals surface area contributed by atoms with Gasteiger partial charge in [0.1, 0.15) is 5.01 Å². The molecule has 0 atom stereocenters. The molecule has 0 unspecified atom stereocenters. The third-order valence-corrected chi connectivity index (χ3v) is 7.04. The number of hydrogen-bond donors (Lipinski definition) is 2. The number of pyridine rings is 1. The Morgan fingerprint density at radius 3 is 2.80 bits per heavy atom. The number of thiophene rings is 1. The van der Waals surface area contributed by atoms with E-state index in [1.54, 1.807) is 22.7 Å². The molecular weight excluding hydrogens is 350 g/mol. The smallest absolute Gasteiger partial charge is 0.158 e. The largest absolute Gasteiger partial charge is 0.360 e. The van der Waals surface area contributed by atoms with E-state index in [9.17, 15) is 0 Å². The first-order valence-electron chi connectivity index (χ1n) is 8.46. The van der Waals surface area contributed by atoms with E-state index in [-0.39, 0.29) is 0 Å². The lowest BCUT2D eigenvalue weighted by Gasteiger charge is -2.19. The van der Waals surface area contributed by atoms with Crippen molar-refractivity contribution in [1.82, 2.24) is 25.5 Å². The maximum absolute atomic E-state index is 4.57. The van der Waals surface area contributed by atoms with Crippen LogP contribution in [0, 0.1) is 0 Å². The number of rotatable bonds is 3. The van der Waals surface area contributed by atoms with Crippen LogP contribution in [-0.4, -0.2) is 33.3 Å². The first kappa shape index (κ1) is 15.2. The summed E-state index contributed by atoms with van der Waals surface area (Å²) in [4.78, 5) is 9.10. The molecule has 1 aliphatic rings. The molecule has 0 aromatic carbocycles. The van der Waals surface area contributed by atoms with Crippen LogP contribution in [-0.2, 0) is 0 Å². The van der Waals surface area contributed by atoms with Crippen molar-refractivity contribution in [3.63, 3.8) is 0 Å². The number of hydrogen-bond acceptors (Lipinski definition) is 6. The maximum Gasteiger partial charge on any atom is 0.158 e. The molecule has 0 aliphatic carbocycles. The second-order valence-corrected chi connectivity index (χ2v) is 8.27. The summed E-state index contributed by atoms with van der Waals surface area (Å²) < 4.78 is 1.23. The second-order valence-electron chi connectivity index (χ2n) is 6.21. The van der Waals surface area contributed by atoms with Gasteiger partial charge in [0, 0.05) is 23.9 Å². The molecule has 0 bridgehead atoms. The van der Waals surface area contributed by atoms with E-state index in [4.69, 9.17) is 0 Å². The van der Waals surface area contributed by atoms with E-state index in [1.807, 2.05) is 24.5 Å². The first-order chi connectivity index (χ1) is 12.4. The highest BCUT2D eigenvalue weighted by molar-refractivity contribution is 7.26. The Morgan fingerprint density at radius 2 is 1.96 bits per heavy atom. The molecule has 1 aliphatic heterocycles. The van der Waals surface area contributed by atoms with Gasteiger partial charge in [-0.3, -0.25) is 4.98 Å². The lowest BCUT2D eigenvalue weighted by atomic mass is 9.99.